The lowest BCUT2D eigenvalue weighted by atomic mass is 10.1. The summed E-state index contributed by atoms with van der Waals surface area (Å²) in [5.74, 6) is -0.0994. The minimum atomic E-state index is -1.13. The van der Waals surface area contributed by atoms with E-state index in [0.29, 0.717) is 22.7 Å². The molecule has 6 heteroatoms. The first-order valence-electron chi connectivity index (χ1n) is 9.65. The van der Waals surface area contributed by atoms with Crippen molar-refractivity contribution in [2.45, 2.75) is 25.2 Å². The zero-order valence-electron chi connectivity index (χ0n) is 16.4. The molecule has 3 aromatic rings. The third-order valence-corrected chi connectivity index (χ3v) is 4.69. The second-order valence-electron chi connectivity index (χ2n) is 6.89. The van der Waals surface area contributed by atoms with Gasteiger partial charge < -0.3 is 19.5 Å². The zero-order chi connectivity index (χ0) is 20.9. The number of ether oxygens (including phenoxy) is 3. The van der Waals surface area contributed by atoms with E-state index in [1.54, 1.807) is 61.5 Å². The summed E-state index contributed by atoms with van der Waals surface area (Å²) in [4.78, 5) is 25.9. The Morgan fingerprint density at radius 2 is 1.40 bits per heavy atom. The van der Waals surface area contributed by atoms with Crippen LogP contribution in [0.3, 0.4) is 0 Å². The van der Waals surface area contributed by atoms with Crippen LogP contribution >= 0.6 is 0 Å². The maximum Gasteiger partial charge on any atom is 0.352 e. The Bertz CT molecular complexity index is 1020. The summed E-state index contributed by atoms with van der Waals surface area (Å²) in [5.41, 5.74) is 1.17. The van der Waals surface area contributed by atoms with E-state index in [1.165, 1.54) is 0 Å². The van der Waals surface area contributed by atoms with Gasteiger partial charge in [-0.2, -0.15) is 0 Å². The molecule has 30 heavy (non-hydrogen) atoms. The van der Waals surface area contributed by atoms with Crippen LogP contribution in [0, 0.1) is 0 Å². The number of hydrogen-bond donors (Lipinski definition) is 1. The summed E-state index contributed by atoms with van der Waals surface area (Å²) in [6.07, 6.45) is -2.69. The van der Waals surface area contributed by atoms with E-state index in [9.17, 15) is 9.59 Å². The number of anilines is 1. The number of carbonyl (C=O) groups is 2. The van der Waals surface area contributed by atoms with Gasteiger partial charge in [-0.1, -0.05) is 60.7 Å². The second-order valence-corrected chi connectivity index (χ2v) is 6.89. The second kappa shape index (κ2) is 8.69. The minimum Gasteiger partial charge on any atom is -0.482 e. The third-order valence-electron chi connectivity index (χ3n) is 4.69. The monoisotopic (exact) mass is 403 g/mol. The van der Waals surface area contributed by atoms with Crippen molar-refractivity contribution >= 4 is 17.6 Å². The summed E-state index contributed by atoms with van der Waals surface area (Å²) in [5, 5.41) is 2.79. The zero-order valence-corrected chi connectivity index (χ0v) is 16.4. The Kier molecular flexibility index (Phi) is 5.66. The van der Waals surface area contributed by atoms with Gasteiger partial charge >= 0.3 is 5.97 Å². The van der Waals surface area contributed by atoms with Gasteiger partial charge in [0.15, 0.2) is 11.5 Å². The van der Waals surface area contributed by atoms with Crippen molar-refractivity contribution < 1.29 is 23.8 Å². The van der Waals surface area contributed by atoms with E-state index < -0.39 is 30.2 Å². The summed E-state index contributed by atoms with van der Waals surface area (Å²) < 4.78 is 17.2. The number of nitrogens with one attached hydrogen (secondary N) is 1. The fourth-order valence-corrected chi connectivity index (χ4v) is 3.19. The normalized spacial score (nSPS) is 18.2. The maximum atomic E-state index is 13.0. The number of rotatable bonds is 5. The van der Waals surface area contributed by atoms with E-state index in [-0.39, 0.29) is 0 Å². The number of para-hydroxylation sites is 3. The first kappa shape index (κ1) is 19.5. The van der Waals surface area contributed by atoms with E-state index in [1.807, 2.05) is 30.3 Å². The summed E-state index contributed by atoms with van der Waals surface area (Å²) >= 11 is 0. The molecular formula is C24H21NO5. The fourth-order valence-electron chi connectivity index (χ4n) is 3.19. The van der Waals surface area contributed by atoms with Gasteiger partial charge in [-0.05, 0) is 31.2 Å². The molecule has 1 aliphatic rings. The van der Waals surface area contributed by atoms with Crippen molar-refractivity contribution in [3.8, 4) is 11.5 Å². The summed E-state index contributed by atoms with van der Waals surface area (Å²) in [6, 6.07) is 25.0. The Balaban J connectivity index is 1.54. The van der Waals surface area contributed by atoms with Gasteiger partial charge in [0.25, 0.3) is 5.91 Å². The summed E-state index contributed by atoms with van der Waals surface area (Å²) in [7, 11) is 0. The lowest BCUT2D eigenvalue weighted by molar-refractivity contribution is -0.166. The highest BCUT2D eigenvalue weighted by atomic mass is 16.6. The SMILES string of the molecule is CC1Oc2ccccc2OC1C(=O)OC(C(=O)Nc1ccccc1)c1ccccc1. The number of carbonyl (C=O) groups excluding carboxylic acids is 2. The molecule has 3 unspecified atom stereocenters. The molecule has 1 aliphatic heterocycles. The smallest absolute Gasteiger partial charge is 0.352 e. The molecule has 0 bridgehead atoms. The molecule has 3 atom stereocenters. The van der Waals surface area contributed by atoms with E-state index in [0.717, 1.165) is 0 Å². The van der Waals surface area contributed by atoms with E-state index in [4.69, 9.17) is 14.2 Å². The highest BCUT2D eigenvalue weighted by Gasteiger charge is 2.38. The molecule has 0 saturated heterocycles. The number of esters is 1. The molecule has 0 aromatic heterocycles. The quantitative estimate of drug-likeness (QED) is 0.648. The topological polar surface area (TPSA) is 73.9 Å². The van der Waals surface area contributed by atoms with Gasteiger partial charge in [-0.25, -0.2) is 4.79 Å². The maximum absolute atomic E-state index is 13.0. The molecule has 4 rings (SSSR count). The van der Waals surface area contributed by atoms with Gasteiger partial charge in [0, 0.05) is 11.3 Å². The minimum absolute atomic E-state index is 0.453. The Morgan fingerprint density at radius 3 is 2.07 bits per heavy atom. The average molecular weight is 403 g/mol. The molecule has 0 saturated carbocycles. The number of fused-ring (bicyclic) bond motifs is 1. The number of amides is 1. The molecule has 6 nitrogen and oxygen atoms in total. The highest BCUT2D eigenvalue weighted by Crippen LogP contribution is 2.34. The van der Waals surface area contributed by atoms with E-state index >= 15 is 0 Å². The fraction of sp³-hybridized carbons (Fsp3) is 0.167. The van der Waals surface area contributed by atoms with Crippen LogP contribution in [0.2, 0.25) is 0 Å². The first-order valence-corrected chi connectivity index (χ1v) is 9.65. The van der Waals surface area contributed by atoms with Gasteiger partial charge in [0.2, 0.25) is 12.2 Å². The molecule has 0 aliphatic carbocycles. The Labute approximate surface area is 174 Å². The predicted octanol–water partition coefficient (Wildman–Crippen LogP) is 4.14. The summed E-state index contributed by atoms with van der Waals surface area (Å²) in [6.45, 7) is 1.73. The van der Waals surface area contributed by atoms with Gasteiger partial charge in [0.1, 0.15) is 6.10 Å². The van der Waals surface area contributed by atoms with Crippen molar-refractivity contribution in [3.63, 3.8) is 0 Å². The standard InChI is InChI=1S/C24H21NO5/c1-16-21(29-20-15-9-8-14-19(20)28-16)24(27)30-22(17-10-4-2-5-11-17)23(26)25-18-12-6-3-7-13-18/h2-16,21-22H,1H3,(H,25,26). The predicted molar refractivity (Wildman–Crippen MR) is 111 cm³/mol. The number of benzene rings is 3. The van der Waals surface area contributed by atoms with Crippen LogP contribution in [0.1, 0.15) is 18.6 Å². The molecule has 1 heterocycles. The van der Waals surface area contributed by atoms with Crippen LogP contribution in [-0.4, -0.2) is 24.1 Å². The molecule has 3 aromatic carbocycles. The molecule has 1 N–H and O–H groups in total. The van der Waals surface area contributed by atoms with Crippen molar-refractivity contribution in [2.75, 3.05) is 5.32 Å². The third kappa shape index (κ3) is 4.27. The van der Waals surface area contributed by atoms with Gasteiger partial charge in [-0.3, -0.25) is 4.79 Å². The molecule has 0 radical (unpaired) electrons. The van der Waals surface area contributed by atoms with Crippen LogP contribution in [0.15, 0.2) is 84.9 Å². The van der Waals surface area contributed by atoms with Crippen LogP contribution in [0.5, 0.6) is 11.5 Å². The molecule has 0 spiro atoms. The van der Waals surface area contributed by atoms with Crippen LogP contribution in [0.4, 0.5) is 5.69 Å². The molecule has 0 fully saturated rings. The van der Waals surface area contributed by atoms with Crippen molar-refractivity contribution in [1.29, 1.82) is 0 Å². The average Bonchev–Trinajstić information content (AvgIpc) is 2.78. The van der Waals surface area contributed by atoms with E-state index in [2.05, 4.69) is 5.32 Å². The molecule has 1 amide bonds. The van der Waals surface area contributed by atoms with Gasteiger partial charge in [0.05, 0.1) is 0 Å². The lowest BCUT2D eigenvalue weighted by Crippen LogP contribution is -2.45. The van der Waals surface area contributed by atoms with Crippen LogP contribution in [-0.2, 0) is 14.3 Å². The molecule has 152 valence electrons. The first-order chi connectivity index (χ1) is 14.6. The van der Waals surface area contributed by atoms with Crippen LogP contribution in [0.25, 0.3) is 0 Å². The number of hydrogen-bond acceptors (Lipinski definition) is 5. The molecular weight excluding hydrogens is 382 g/mol. The lowest BCUT2D eigenvalue weighted by Gasteiger charge is -2.31. The Hall–Kier alpha value is -3.80. The van der Waals surface area contributed by atoms with Crippen LogP contribution < -0.4 is 14.8 Å². The largest absolute Gasteiger partial charge is 0.482 e. The van der Waals surface area contributed by atoms with Crippen molar-refractivity contribution in [2.24, 2.45) is 0 Å². The highest BCUT2D eigenvalue weighted by molar-refractivity contribution is 5.96. The van der Waals surface area contributed by atoms with Gasteiger partial charge in [-0.15, -0.1) is 0 Å². The van der Waals surface area contributed by atoms with Crippen molar-refractivity contribution in [1.82, 2.24) is 0 Å². The van der Waals surface area contributed by atoms with Crippen molar-refractivity contribution in [3.05, 3.63) is 90.5 Å². The Morgan fingerprint density at radius 1 is 0.833 bits per heavy atom.